The fourth-order valence-electron chi connectivity index (χ4n) is 5.98. The van der Waals surface area contributed by atoms with Gasteiger partial charge in [0.2, 0.25) is 23.6 Å². The number of hydrogen-bond acceptors (Lipinski definition) is 4. The van der Waals surface area contributed by atoms with E-state index in [0.29, 0.717) is 32.2 Å². The number of carbonyl (C=O) groups excluding carboxylic acids is 4. The van der Waals surface area contributed by atoms with Crippen LogP contribution in [0.3, 0.4) is 0 Å². The lowest BCUT2D eigenvalue weighted by molar-refractivity contribution is -0.137. The van der Waals surface area contributed by atoms with Crippen molar-refractivity contribution < 1.29 is 19.2 Å². The average molecular weight is 587 g/mol. The second-order valence-corrected chi connectivity index (χ2v) is 12.2. The minimum atomic E-state index is -0.828. The Kier molecular flexibility index (Phi) is 11.9. The highest BCUT2D eigenvalue weighted by molar-refractivity contribution is 5.97. The van der Waals surface area contributed by atoms with E-state index in [4.69, 9.17) is 0 Å². The maximum Gasteiger partial charge on any atom is 0.247 e. The molecule has 2 aromatic carbocycles. The van der Waals surface area contributed by atoms with Crippen LogP contribution in [0, 0.1) is 5.92 Å². The lowest BCUT2D eigenvalue weighted by atomic mass is 9.95. The summed E-state index contributed by atoms with van der Waals surface area (Å²) in [7, 11) is 0. The van der Waals surface area contributed by atoms with Crippen LogP contribution < -0.4 is 16.0 Å². The minimum absolute atomic E-state index is 0.115. The van der Waals surface area contributed by atoms with Gasteiger partial charge < -0.3 is 20.9 Å². The molecule has 4 rings (SSSR count). The molecular weight excluding hydrogens is 540 g/mol. The summed E-state index contributed by atoms with van der Waals surface area (Å²) in [6, 6.07) is 17.0. The molecule has 43 heavy (non-hydrogen) atoms. The molecule has 1 heterocycles. The number of rotatable bonds is 12. The molecule has 1 aliphatic carbocycles. The van der Waals surface area contributed by atoms with Crippen LogP contribution in [0.2, 0.25) is 0 Å². The predicted octanol–water partition coefficient (Wildman–Crippen LogP) is 4.40. The van der Waals surface area contributed by atoms with Gasteiger partial charge in [0.1, 0.15) is 18.1 Å². The maximum atomic E-state index is 13.7. The van der Waals surface area contributed by atoms with E-state index in [1.165, 1.54) is 12.5 Å². The molecular formula is C35H46N4O4. The lowest BCUT2D eigenvalue weighted by Crippen LogP contribution is -2.57. The summed E-state index contributed by atoms with van der Waals surface area (Å²) in [5, 5.41) is 9.07. The van der Waals surface area contributed by atoms with Crippen molar-refractivity contribution >= 4 is 29.7 Å². The molecule has 3 N–H and O–H groups in total. The van der Waals surface area contributed by atoms with E-state index in [-0.39, 0.29) is 35.6 Å². The average Bonchev–Trinajstić information content (AvgIpc) is 3.51. The normalized spacial score (nSPS) is 18.8. The molecule has 0 radical (unpaired) electrons. The topological polar surface area (TPSA) is 108 Å². The number of benzene rings is 2. The highest BCUT2D eigenvalue weighted by Gasteiger charge is 2.36. The molecule has 0 spiro atoms. The molecule has 0 aromatic heterocycles. The van der Waals surface area contributed by atoms with Crippen molar-refractivity contribution in [3.8, 4) is 0 Å². The second kappa shape index (κ2) is 16.1. The Hall–Kier alpha value is -3.94. The first kappa shape index (κ1) is 32.0. The third-order valence-electron chi connectivity index (χ3n) is 8.26. The van der Waals surface area contributed by atoms with Crippen molar-refractivity contribution in [3.05, 3.63) is 77.9 Å². The molecule has 0 bridgehead atoms. The van der Waals surface area contributed by atoms with E-state index in [2.05, 4.69) is 16.0 Å². The van der Waals surface area contributed by atoms with Crippen LogP contribution in [0.1, 0.15) is 76.3 Å². The molecule has 230 valence electrons. The number of carbonyl (C=O) groups is 4. The highest BCUT2D eigenvalue weighted by Crippen LogP contribution is 2.20. The van der Waals surface area contributed by atoms with Gasteiger partial charge in [-0.3, -0.25) is 19.2 Å². The first-order chi connectivity index (χ1) is 20.8. The van der Waals surface area contributed by atoms with Gasteiger partial charge >= 0.3 is 0 Å². The third kappa shape index (κ3) is 9.80. The summed E-state index contributed by atoms with van der Waals surface area (Å²) in [5.74, 6) is -1.03. The largest absolute Gasteiger partial charge is 0.352 e. The van der Waals surface area contributed by atoms with Gasteiger partial charge in [0.25, 0.3) is 0 Å². The van der Waals surface area contributed by atoms with Crippen LogP contribution in [0.15, 0.2) is 66.7 Å². The van der Waals surface area contributed by atoms with Crippen LogP contribution in [0.4, 0.5) is 0 Å². The Labute approximate surface area is 255 Å². The van der Waals surface area contributed by atoms with Crippen LogP contribution >= 0.6 is 0 Å². The summed E-state index contributed by atoms with van der Waals surface area (Å²) in [6.07, 6.45) is 10.5. The molecule has 1 saturated carbocycles. The highest BCUT2D eigenvalue weighted by atomic mass is 16.2. The van der Waals surface area contributed by atoms with Gasteiger partial charge in [-0.2, -0.15) is 0 Å². The van der Waals surface area contributed by atoms with Crippen LogP contribution in [-0.4, -0.2) is 59.2 Å². The zero-order valence-corrected chi connectivity index (χ0v) is 25.5. The fraction of sp³-hybridized carbons (Fsp3) is 0.486. The molecule has 0 unspecified atom stereocenters. The van der Waals surface area contributed by atoms with Gasteiger partial charge in [-0.05, 0) is 55.2 Å². The lowest BCUT2D eigenvalue weighted by Gasteiger charge is -2.29. The van der Waals surface area contributed by atoms with Crippen LogP contribution in [-0.2, 0) is 25.6 Å². The number of nitrogens with zero attached hydrogens (tertiary/aromatic N) is 1. The van der Waals surface area contributed by atoms with Gasteiger partial charge in [-0.25, -0.2) is 0 Å². The van der Waals surface area contributed by atoms with Crippen molar-refractivity contribution in [1.29, 1.82) is 0 Å². The van der Waals surface area contributed by atoms with Crippen LogP contribution in [0.5, 0.6) is 0 Å². The van der Waals surface area contributed by atoms with Crippen molar-refractivity contribution in [2.24, 2.45) is 5.92 Å². The molecule has 1 saturated heterocycles. The van der Waals surface area contributed by atoms with E-state index >= 15 is 0 Å². The van der Waals surface area contributed by atoms with Crippen molar-refractivity contribution in [1.82, 2.24) is 20.9 Å². The Balaban J connectivity index is 1.43. The summed E-state index contributed by atoms with van der Waals surface area (Å²) < 4.78 is 0. The smallest absolute Gasteiger partial charge is 0.247 e. The molecule has 3 atom stereocenters. The summed E-state index contributed by atoms with van der Waals surface area (Å²) >= 11 is 0. The Morgan fingerprint density at radius 2 is 1.49 bits per heavy atom. The monoisotopic (exact) mass is 586 g/mol. The number of likely N-dealkylation sites (tertiary alicyclic amines) is 1. The minimum Gasteiger partial charge on any atom is -0.352 e. The maximum absolute atomic E-state index is 13.7. The SMILES string of the molecule is CC(C)C[C@H](NC(=O)[C@@H]1CCCN1C(=O)/C=C/c1ccccc1)C(=O)N[C@@H](Cc1ccccc1)C(=O)NC1CCCCC1. The van der Waals surface area contributed by atoms with Crippen molar-refractivity contribution in [2.45, 2.75) is 95.8 Å². The molecule has 4 amide bonds. The molecule has 2 aromatic rings. The van der Waals surface area contributed by atoms with E-state index in [9.17, 15) is 19.2 Å². The zero-order chi connectivity index (χ0) is 30.6. The molecule has 1 aliphatic heterocycles. The van der Waals surface area contributed by atoms with E-state index < -0.39 is 18.1 Å². The van der Waals surface area contributed by atoms with Crippen molar-refractivity contribution in [2.75, 3.05) is 6.54 Å². The Morgan fingerprint density at radius 3 is 2.16 bits per heavy atom. The third-order valence-corrected chi connectivity index (χ3v) is 8.26. The van der Waals surface area contributed by atoms with Gasteiger partial charge in [-0.1, -0.05) is 93.8 Å². The van der Waals surface area contributed by atoms with Crippen molar-refractivity contribution in [3.63, 3.8) is 0 Å². The molecule has 2 aliphatic rings. The van der Waals surface area contributed by atoms with E-state index in [1.807, 2.05) is 74.5 Å². The summed E-state index contributed by atoms with van der Waals surface area (Å²) in [4.78, 5) is 55.3. The van der Waals surface area contributed by atoms with Gasteiger partial charge in [0.05, 0.1) is 0 Å². The van der Waals surface area contributed by atoms with E-state index in [0.717, 1.165) is 36.8 Å². The quantitative estimate of drug-likeness (QED) is 0.321. The first-order valence-electron chi connectivity index (χ1n) is 15.8. The number of hydrogen-bond donors (Lipinski definition) is 3. The second-order valence-electron chi connectivity index (χ2n) is 12.2. The van der Waals surface area contributed by atoms with Crippen LogP contribution in [0.25, 0.3) is 6.08 Å². The standard InChI is InChI=1S/C35H46N4O4/c1-25(2)23-29(38-35(43)31-19-12-22-39(31)32(40)21-20-26-13-6-3-7-14-26)34(42)37-30(24-27-15-8-4-9-16-27)33(41)36-28-17-10-5-11-18-28/h3-4,6-9,13-16,20-21,25,28-31H,5,10-12,17-19,22-24H2,1-2H3,(H,36,41)(H,37,42)(H,38,43)/b21-20+/t29-,30-,31-/m0/s1. The molecule has 8 nitrogen and oxygen atoms in total. The zero-order valence-electron chi connectivity index (χ0n) is 25.5. The molecule has 8 heteroatoms. The summed E-state index contributed by atoms with van der Waals surface area (Å²) in [5.41, 5.74) is 1.85. The Morgan fingerprint density at radius 1 is 0.814 bits per heavy atom. The van der Waals surface area contributed by atoms with E-state index in [1.54, 1.807) is 11.0 Å². The predicted molar refractivity (Wildman–Crippen MR) is 169 cm³/mol. The fourth-order valence-corrected chi connectivity index (χ4v) is 5.98. The summed E-state index contributed by atoms with van der Waals surface area (Å²) in [6.45, 7) is 4.46. The Bertz CT molecular complexity index is 1240. The van der Waals surface area contributed by atoms with Gasteiger partial charge in [0, 0.05) is 25.1 Å². The molecule has 2 fully saturated rings. The first-order valence-corrected chi connectivity index (χ1v) is 15.8. The van der Waals surface area contributed by atoms with Gasteiger partial charge in [-0.15, -0.1) is 0 Å². The van der Waals surface area contributed by atoms with Gasteiger partial charge in [0.15, 0.2) is 0 Å². The number of amides is 4. The number of nitrogens with one attached hydrogen (secondary N) is 3.